The van der Waals surface area contributed by atoms with Crippen LogP contribution < -0.4 is 5.43 Å². The molecule has 1 atom stereocenters. The monoisotopic (exact) mass is 535 g/mol. The zero-order valence-electron chi connectivity index (χ0n) is 23.4. The molecule has 3 aromatic rings. The molecule has 0 radical (unpaired) electrons. The summed E-state index contributed by atoms with van der Waals surface area (Å²) in [7, 11) is -1.24. The molecule has 204 valence electrons. The van der Waals surface area contributed by atoms with Crippen LogP contribution in [0.5, 0.6) is 0 Å². The molecule has 1 amide bonds. The quantitative estimate of drug-likeness (QED) is 0.263. The fraction of sp³-hybridized carbons (Fsp3) is 0.433. The van der Waals surface area contributed by atoms with E-state index in [-0.39, 0.29) is 30.9 Å². The Bertz CT molecular complexity index is 1200. The van der Waals surface area contributed by atoms with E-state index in [2.05, 4.69) is 24.7 Å². The van der Waals surface area contributed by atoms with Crippen LogP contribution in [0.15, 0.2) is 71.7 Å². The van der Waals surface area contributed by atoms with Gasteiger partial charge in [-0.2, -0.15) is 5.10 Å². The van der Waals surface area contributed by atoms with E-state index >= 15 is 0 Å². The second-order valence-corrected chi connectivity index (χ2v) is 16.9. The highest BCUT2D eigenvalue weighted by molar-refractivity contribution is 6.76. The van der Waals surface area contributed by atoms with Crippen LogP contribution in [0.2, 0.25) is 25.7 Å². The number of aromatic nitrogens is 2. The molecule has 0 aliphatic rings. The minimum Gasteiger partial charge on any atom is -0.390 e. The van der Waals surface area contributed by atoms with Crippen LogP contribution in [0.25, 0.3) is 0 Å². The van der Waals surface area contributed by atoms with Crippen molar-refractivity contribution in [3.8, 4) is 0 Å². The van der Waals surface area contributed by atoms with Gasteiger partial charge in [-0.3, -0.25) is 9.59 Å². The molecule has 0 fully saturated rings. The van der Waals surface area contributed by atoms with Crippen LogP contribution in [0, 0.1) is 6.92 Å². The molecule has 0 saturated heterocycles. The minimum atomic E-state index is -1.24. The predicted octanol–water partition coefficient (Wildman–Crippen LogP) is 4.91. The van der Waals surface area contributed by atoms with E-state index in [1.807, 2.05) is 74.5 Å². The Morgan fingerprint density at radius 1 is 1.03 bits per heavy atom. The standard InChI is InChI=1S/C30H41N3O4Si/c1-22(2)33(20-26(34)27(24-13-9-7-10-14-24)25-15-11-8-12-16-25)30(36)28-29(35)23(3)19-32(31-28)21-37-17-18-38(4,5)6/h7-16,19,22,26-27,34H,17-18,20-21H2,1-6H3/t26-/m0/s1. The summed E-state index contributed by atoms with van der Waals surface area (Å²) in [5.41, 5.74) is 1.77. The number of aryl methyl sites for hydroxylation is 1. The lowest BCUT2D eigenvalue weighted by Gasteiger charge is -2.32. The van der Waals surface area contributed by atoms with E-state index in [9.17, 15) is 14.7 Å². The van der Waals surface area contributed by atoms with Gasteiger partial charge in [0.1, 0.15) is 6.73 Å². The second kappa shape index (κ2) is 13.1. The topological polar surface area (TPSA) is 84.7 Å². The van der Waals surface area contributed by atoms with E-state index in [0.717, 1.165) is 17.2 Å². The number of aliphatic hydroxyl groups is 1. The van der Waals surface area contributed by atoms with Crippen molar-refractivity contribution in [2.45, 2.75) is 71.3 Å². The number of nitrogens with zero attached hydrogens (tertiary/aromatic N) is 3. The SMILES string of the molecule is Cc1cn(COCC[Si](C)(C)C)nc(C(=O)N(C[C@H](O)C(c2ccccc2)c2ccccc2)C(C)C)c1=O. The maximum absolute atomic E-state index is 13.7. The van der Waals surface area contributed by atoms with Crippen LogP contribution in [0.4, 0.5) is 0 Å². The van der Waals surface area contributed by atoms with Gasteiger partial charge in [0.05, 0.1) is 6.10 Å². The van der Waals surface area contributed by atoms with Gasteiger partial charge in [-0.25, -0.2) is 4.68 Å². The van der Waals surface area contributed by atoms with Gasteiger partial charge < -0.3 is 14.7 Å². The largest absolute Gasteiger partial charge is 0.390 e. The number of hydrogen-bond acceptors (Lipinski definition) is 5. The van der Waals surface area contributed by atoms with Gasteiger partial charge >= 0.3 is 0 Å². The fourth-order valence-corrected chi connectivity index (χ4v) is 5.10. The van der Waals surface area contributed by atoms with E-state index in [4.69, 9.17) is 4.74 Å². The van der Waals surface area contributed by atoms with Gasteiger partial charge in [0.15, 0.2) is 5.69 Å². The highest BCUT2D eigenvalue weighted by atomic mass is 28.3. The van der Waals surface area contributed by atoms with Crippen molar-refractivity contribution in [2.75, 3.05) is 13.2 Å². The number of ether oxygens (including phenoxy) is 1. The second-order valence-electron chi connectivity index (χ2n) is 11.3. The Labute approximate surface area is 227 Å². The third-order valence-corrected chi connectivity index (χ3v) is 8.24. The molecule has 1 heterocycles. The van der Waals surface area contributed by atoms with Crippen LogP contribution in [0.3, 0.4) is 0 Å². The lowest BCUT2D eigenvalue weighted by atomic mass is 9.86. The van der Waals surface area contributed by atoms with Gasteiger partial charge in [0, 0.05) is 44.9 Å². The Morgan fingerprint density at radius 3 is 2.08 bits per heavy atom. The van der Waals surface area contributed by atoms with E-state index in [1.54, 1.807) is 13.1 Å². The Hall–Kier alpha value is -3.07. The smallest absolute Gasteiger partial charge is 0.278 e. The van der Waals surface area contributed by atoms with Crippen LogP contribution >= 0.6 is 0 Å². The molecule has 3 rings (SSSR count). The highest BCUT2D eigenvalue weighted by Crippen LogP contribution is 2.29. The van der Waals surface area contributed by atoms with E-state index in [0.29, 0.717) is 12.2 Å². The molecule has 1 N–H and O–H groups in total. The molecule has 0 saturated carbocycles. The fourth-order valence-electron chi connectivity index (χ4n) is 4.34. The first-order chi connectivity index (χ1) is 18.0. The summed E-state index contributed by atoms with van der Waals surface area (Å²) in [5.74, 6) is -0.836. The van der Waals surface area contributed by atoms with Crippen molar-refractivity contribution >= 4 is 14.0 Å². The number of rotatable bonds is 12. The molecule has 0 unspecified atom stereocenters. The third kappa shape index (κ3) is 7.96. The lowest BCUT2D eigenvalue weighted by Crippen LogP contribution is -2.46. The van der Waals surface area contributed by atoms with Crippen molar-refractivity contribution in [2.24, 2.45) is 0 Å². The molecule has 0 spiro atoms. The van der Waals surface area contributed by atoms with Crippen LogP contribution in [-0.4, -0.2) is 59.1 Å². The number of aliphatic hydroxyl groups excluding tert-OH is 1. The molecule has 0 aliphatic carbocycles. The van der Waals surface area contributed by atoms with Gasteiger partial charge in [-0.15, -0.1) is 0 Å². The Balaban J connectivity index is 1.86. The zero-order chi connectivity index (χ0) is 27.9. The zero-order valence-corrected chi connectivity index (χ0v) is 24.4. The van der Waals surface area contributed by atoms with Crippen molar-refractivity contribution in [3.63, 3.8) is 0 Å². The molecule has 8 heteroatoms. The van der Waals surface area contributed by atoms with Crippen molar-refractivity contribution < 1.29 is 14.6 Å². The third-order valence-electron chi connectivity index (χ3n) is 6.54. The maximum Gasteiger partial charge on any atom is 0.278 e. The first-order valence-corrected chi connectivity index (χ1v) is 16.9. The number of benzene rings is 2. The average Bonchev–Trinajstić information content (AvgIpc) is 2.87. The summed E-state index contributed by atoms with van der Waals surface area (Å²) in [5, 5.41) is 15.9. The molecule has 0 aliphatic heterocycles. The number of carbonyl (C=O) groups excluding carboxylic acids is 1. The van der Waals surface area contributed by atoms with Crippen LogP contribution in [-0.2, 0) is 11.5 Å². The van der Waals surface area contributed by atoms with Gasteiger partial charge in [0.2, 0.25) is 5.43 Å². The summed E-state index contributed by atoms with van der Waals surface area (Å²) < 4.78 is 7.31. The first-order valence-electron chi connectivity index (χ1n) is 13.2. The first kappa shape index (κ1) is 29.5. The Morgan fingerprint density at radius 2 is 1.58 bits per heavy atom. The number of hydrogen-bond donors (Lipinski definition) is 1. The molecule has 7 nitrogen and oxygen atoms in total. The molecule has 0 bridgehead atoms. The summed E-state index contributed by atoms with van der Waals surface area (Å²) in [6.45, 7) is 13.1. The molecular weight excluding hydrogens is 494 g/mol. The highest BCUT2D eigenvalue weighted by Gasteiger charge is 2.30. The Kier molecular flexibility index (Phi) is 10.2. The molecule has 1 aromatic heterocycles. The molecule has 2 aromatic carbocycles. The summed E-state index contributed by atoms with van der Waals surface area (Å²) >= 11 is 0. The van der Waals surface area contributed by atoms with E-state index < -0.39 is 25.5 Å². The number of amides is 1. The predicted molar refractivity (Wildman–Crippen MR) is 154 cm³/mol. The number of carbonyl (C=O) groups is 1. The summed E-state index contributed by atoms with van der Waals surface area (Å²) in [6.07, 6.45) is 0.714. The van der Waals surface area contributed by atoms with Crippen LogP contribution in [0.1, 0.15) is 46.9 Å². The molecular formula is C30H41N3O4Si. The normalized spacial score (nSPS) is 12.7. The van der Waals surface area contributed by atoms with Crippen molar-refractivity contribution in [1.82, 2.24) is 14.7 Å². The van der Waals surface area contributed by atoms with Gasteiger partial charge in [-0.05, 0) is 37.9 Å². The van der Waals surface area contributed by atoms with E-state index in [1.165, 1.54) is 9.58 Å². The van der Waals surface area contributed by atoms with Crippen molar-refractivity contribution in [1.29, 1.82) is 0 Å². The lowest BCUT2D eigenvalue weighted by molar-refractivity contribution is 0.0500. The molecule has 38 heavy (non-hydrogen) atoms. The minimum absolute atomic E-state index is 0.0483. The summed E-state index contributed by atoms with van der Waals surface area (Å²) in [6, 6.07) is 20.3. The average molecular weight is 536 g/mol. The van der Waals surface area contributed by atoms with Crippen molar-refractivity contribution in [3.05, 3.63) is 99.5 Å². The van der Waals surface area contributed by atoms with Gasteiger partial charge in [0.25, 0.3) is 5.91 Å². The summed E-state index contributed by atoms with van der Waals surface area (Å²) in [4.78, 5) is 28.2. The maximum atomic E-state index is 13.7. The van der Waals surface area contributed by atoms with Gasteiger partial charge in [-0.1, -0.05) is 80.3 Å².